The lowest BCUT2D eigenvalue weighted by Crippen LogP contribution is -2.53. The van der Waals surface area contributed by atoms with E-state index in [2.05, 4.69) is 19.2 Å². The van der Waals surface area contributed by atoms with Crippen LogP contribution >= 0.6 is 0 Å². The number of aliphatic carboxylic acids is 1. The van der Waals surface area contributed by atoms with Gasteiger partial charge < -0.3 is 15.3 Å². The second-order valence-corrected chi connectivity index (χ2v) is 5.52. The number of hydrogen-bond acceptors (Lipinski definition) is 2. The number of nitrogens with zero attached hydrogens (tertiary/aromatic N) is 1. The summed E-state index contributed by atoms with van der Waals surface area (Å²) in [6, 6.07) is -0.825. The molecule has 5 nitrogen and oxygen atoms in total. The quantitative estimate of drug-likeness (QED) is 0.809. The molecule has 1 rings (SSSR count). The van der Waals surface area contributed by atoms with Gasteiger partial charge in [0.05, 0.1) is 0 Å². The summed E-state index contributed by atoms with van der Waals surface area (Å²) in [4.78, 5) is 24.6. The van der Waals surface area contributed by atoms with Crippen molar-refractivity contribution in [2.24, 2.45) is 5.92 Å². The monoisotopic (exact) mass is 256 g/mol. The Kier molecular flexibility index (Phi) is 5.44. The average Bonchev–Trinajstić information content (AvgIpc) is 2.27. The number of carbonyl (C=O) groups is 2. The van der Waals surface area contributed by atoms with E-state index in [0.29, 0.717) is 18.9 Å². The maximum absolute atomic E-state index is 12.1. The molecule has 1 aliphatic heterocycles. The lowest BCUT2D eigenvalue weighted by molar-refractivity contribution is -0.143. The van der Waals surface area contributed by atoms with Crippen LogP contribution in [0.25, 0.3) is 0 Å². The third kappa shape index (κ3) is 4.20. The molecule has 104 valence electrons. The predicted octanol–water partition coefficient (Wildman–Crippen LogP) is 2.07. The Morgan fingerprint density at radius 1 is 1.33 bits per heavy atom. The fourth-order valence-electron chi connectivity index (χ4n) is 2.49. The predicted molar refractivity (Wildman–Crippen MR) is 69.4 cm³/mol. The second-order valence-electron chi connectivity index (χ2n) is 5.52. The fourth-order valence-corrected chi connectivity index (χ4v) is 2.49. The second kappa shape index (κ2) is 6.61. The molecule has 2 amide bonds. The van der Waals surface area contributed by atoms with Gasteiger partial charge in [0.25, 0.3) is 0 Å². The molecule has 2 atom stereocenters. The van der Waals surface area contributed by atoms with Crippen molar-refractivity contribution >= 4 is 12.0 Å². The smallest absolute Gasteiger partial charge is 0.326 e. The van der Waals surface area contributed by atoms with E-state index in [1.165, 1.54) is 4.90 Å². The van der Waals surface area contributed by atoms with Crippen molar-refractivity contribution in [1.82, 2.24) is 10.2 Å². The molecule has 0 spiro atoms. The molecular weight excluding hydrogens is 232 g/mol. The highest BCUT2D eigenvalue weighted by molar-refractivity contribution is 5.83. The number of carbonyl (C=O) groups excluding carboxylic acids is 1. The Morgan fingerprint density at radius 2 is 2.00 bits per heavy atom. The molecule has 0 aromatic heterocycles. The first-order valence-corrected chi connectivity index (χ1v) is 6.71. The van der Waals surface area contributed by atoms with Gasteiger partial charge in [-0.3, -0.25) is 0 Å². The molecule has 1 saturated heterocycles. The minimum absolute atomic E-state index is 0.0777. The van der Waals surface area contributed by atoms with Gasteiger partial charge >= 0.3 is 12.0 Å². The van der Waals surface area contributed by atoms with Crippen LogP contribution in [0.3, 0.4) is 0 Å². The number of carboxylic acid groups (broad SMARTS) is 1. The molecule has 0 radical (unpaired) electrons. The summed E-state index contributed by atoms with van der Waals surface area (Å²) in [5.41, 5.74) is 0. The average molecular weight is 256 g/mol. The number of rotatable bonds is 4. The Balaban J connectivity index is 2.55. The van der Waals surface area contributed by atoms with Crippen LogP contribution in [0.1, 0.15) is 46.5 Å². The lowest BCUT2D eigenvalue weighted by atomic mass is 10.0. The molecular formula is C13H24N2O3. The first-order valence-electron chi connectivity index (χ1n) is 6.71. The highest BCUT2D eigenvalue weighted by Gasteiger charge is 2.32. The van der Waals surface area contributed by atoms with E-state index in [4.69, 9.17) is 5.11 Å². The summed E-state index contributed by atoms with van der Waals surface area (Å²) in [6.45, 7) is 6.70. The molecule has 1 fully saturated rings. The van der Waals surface area contributed by atoms with Crippen molar-refractivity contribution < 1.29 is 14.7 Å². The minimum Gasteiger partial charge on any atom is -0.480 e. The zero-order valence-corrected chi connectivity index (χ0v) is 11.5. The van der Waals surface area contributed by atoms with Crippen LogP contribution in [0.2, 0.25) is 0 Å². The van der Waals surface area contributed by atoms with E-state index >= 15 is 0 Å². The topological polar surface area (TPSA) is 69.6 Å². The highest BCUT2D eigenvalue weighted by Crippen LogP contribution is 2.17. The van der Waals surface area contributed by atoms with Gasteiger partial charge in [-0.15, -0.1) is 0 Å². The van der Waals surface area contributed by atoms with Gasteiger partial charge in [0.1, 0.15) is 6.04 Å². The van der Waals surface area contributed by atoms with E-state index in [1.807, 2.05) is 6.92 Å². The summed E-state index contributed by atoms with van der Waals surface area (Å²) in [6.07, 6.45) is 3.22. The van der Waals surface area contributed by atoms with Crippen LogP contribution in [0, 0.1) is 5.92 Å². The van der Waals surface area contributed by atoms with Crippen LogP contribution in [0.4, 0.5) is 4.79 Å². The minimum atomic E-state index is -0.902. The van der Waals surface area contributed by atoms with Gasteiger partial charge in [0.2, 0.25) is 0 Å². The van der Waals surface area contributed by atoms with Gasteiger partial charge in [0, 0.05) is 12.6 Å². The van der Waals surface area contributed by atoms with Crippen LogP contribution in [-0.4, -0.2) is 40.6 Å². The molecule has 0 aromatic carbocycles. The van der Waals surface area contributed by atoms with Gasteiger partial charge in [-0.1, -0.05) is 13.8 Å². The normalized spacial score (nSPS) is 21.8. The summed E-state index contributed by atoms with van der Waals surface area (Å²) < 4.78 is 0. The molecule has 18 heavy (non-hydrogen) atoms. The van der Waals surface area contributed by atoms with Gasteiger partial charge in [0.15, 0.2) is 0 Å². The number of amides is 2. The fraction of sp³-hybridized carbons (Fsp3) is 0.846. The van der Waals surface area contributed by atoms with Crippen LogP contribution in [-0.2, 0) is 4.79 Å². The Hall–Kier alpha value is -1.26. The van der Waals surface area contributed by atoms with E-state index in [1.54, 1.807) is 0 Å². The summed E-state index contributed by atoms with van der Waals surface area (Å²) in [5, 5.41) is 12.0. The SMILES string of the molecule is CC(C)CC(C)NC(=O)N1CCCCC1C(=O)O. The first-order chi connectivity index (χ1) is 8.41. The third-order valence-electron chi connectivity index (χ3n) is 3.24. The third-order valence-corrected chi connectivity index (χ3v) is 3.24. The van der Waals surface area contributed by atoms with Crippen molar-refractivity contribution in [3.8, 4) is 0 Å². The van der Waals surface area contributed by atoms with Crippen molar-refractivity contribution in [2.45, 2.75) is 58.5 Å². The molecule has 5 heteroatoms. The van der Waals surface area contributed by atoms with Crippen molar-refractivity contribution in [1.29, 1.82) is 0 Å². The molecule has 0 aliphatic carbocycles. The maximum Gasteiger partial charge on any atom is 0.326 e. The molecule has 0 aromatic rings. The standard InChI is InChI=1S/C13H24N2O3/c1-9(2)8-10(3)14-13(18)15-7-5-4-6-11(15)12(16)17/h9-11H,4-8H2,1-3H3,(H,14,18)(H,16,17). The van der Waals surface area contributed by atoms with Crippen molar-refractivity contribution in [3.63, 3.8) is 0 Å². The highest BCUT2D eigenvalue weighted by atomic mass is 16.4. The number of nitrogens with one attached hydrogen (secondary N) is 1. The van der Waals surface area contributed by atoms with E-state index in [9.17, 15) is 9.59 Å². The Bertz CT molecular complexity index is 305. The zero-order valence-electron chi connectivity index (χ0n) is 11.5. The number of likely N-dealkylation sites (tertiary alicyclic amines) is 1. The molecule has 1 aliphatic rings. The van der Waals surface area contributed by atoms with Crippen molar-refractivity contribution in [3.05, 3.63) is 0 Å². The van der Waals surface area contributed by atoms with Crippen LogP contribution in [0.5, 0.6) is 0 Å². The lowest BCUT2D eigenvalue weighted by Gasteiger charge is -2.34. The Labute approximate surface area is 109 Å². The van der Waals surface area contributed by atoms with Gasteiger partial charge in [-0.25, -0.2) is 9.59 Å². The van der Waals surface area contributed by atoms with Crippen LogP contribution < -0.4 is 5.32 Å². The van der Waals surface area contributed by atoms with Crippen LogP contribution in [0.15, 0.2) is 0 Å². The molecule has 2 unspecified atom stereocenters. The van der Waals surface area contributed by atoms with Crippen molar-refractivity contribution in [2.75, 3.05) is 6.54 Å². The summed E-state index contributed by atoms with van der Waals surface area (Å²) in [7, 11) is 0. The van der Waals surface area contributed by atoms with E-state index < -0.39 is 12.0 Å². The molecule has 0 bridgehead atoms. The number of hydrogen-bond donors (Lipinski definition) is 2. The summed E-state index contributed by atoms with van der Waals surface area (Å²) >= 11 is 0. The number of piperidine rings is 1. The molecule has 0 saturated carbocycles. The largest absolute Gasteiger partial charge is 0.480 e. The number of carboxylic acids is 1. The zero-order chi connectivity index (χ0) is 13.7. The summed E-state index contributed by atoms with van der Waals surface area (Å²) in [5.74, 6) is -0.390. The maximum atomic E-state index is 12.1. The Morgan fingerprint density at radius 3 is 2.56 bits per heavy atom. The van der Waals surface area contributed by atoms with E-state index in [0.717, 1.165) is 19.3 Å². The van der Waals surface area contributed by atoms with Gasteiger partial charge in [-0.05, 0) is 38.5 Å². The molecule has 2 N–H and O–H groups in total. The molecule has 1 heterocycles. The van der Waals surface area contributed by atoms with E-state index in [-0.39, 0.29) is 12.1 Å². The van der Waals surface area contributed by atoms with Gasteiger partial charge in [-0.2, -0.15) is 0 Å². The first kappa shape index (κ1) is 14.8. The number of urea groups is 1.